The lowest BCUT2D eigenvalue weighted by Gasteiger charge is -2.30. The number of hydrogen-bond acceptors (Lipinski definition) is 6. The average molecular weight is 448 g/mol. The second kappa shape index (κ2) is 11.5. The zero-order valence-corrected chi connectivity index (χ0v) is 18.6. The van der Waals surface area contributed by atoms with Crippen molar-refractivity contribution < 1.29 is 14.3 Å². The molecule has 1 aromatic heterocycles. The molecule has 156 valence electrons. The maximum atomic E-state index is 12.3. The summed E-state index contributed by atoms with van der Waals surface area (Å²) in [5, 5.41) is 9.32. The molecule has 0 spiro atoms. The van der Waals surface area contributed by atoms with Gasteiger partial charge in [-0.05, 0) is 44.5 Å². The minimum atomic E-state index is 0. The molecule has 2 heterocycles. The molecule has 0 aliphatic carbocycles. The highest BCUT2D eigenvalue weighted by molar-refractivity contribution is 7.13. The highest BCUT2D eigenvalue weighted by Gasteiger charge is 2.22. The lowest BCUT2D eigenvalue weighted by molar-refractivity contribution is -0.121. The van der Waals surface area contributed by atoms with Gasteiger partial charge in [0.15, 0.2) is 11.5 Å². The Hall–Kier alpha value is -1.54. The number of halogens is 2. The summed E-state index contributed by atoms with van der Waals surface area (Å²) in [4.78, 5) is 17.0. The van der Waals surface area contributed by atoms with Crippen LogP contribution in [0.4, 0.5) is 0 Å². The second-order valence-electron chi connectivity index (χ2n) is 6.45. The van der Waals surface area contributed by atoms with Crippen LogP contribution < -0.4 is 20.1 Å². The van der Waals surface area contributed by atoms with E-state index in [2.05, 4.69) is 22.5 Å². The van der Waals surface area contributed by atoms with Gasteiger partial charge in [0, 0.05) is 23.0 Å². The first-order valence-electron chi connectivity index (χ1n) is 8.80. The van der Waals surface area contributed by atoms with Gasteiger partial charge in [0.05, 0.1) is 26.3 Å². The maximum Gasteiger partial charge on any atom is 0.226 e. The van der Waals surface area contributed by atoms with Crippen molar-refractivity contribution in [3.8, 4) is 22.1 Å². The number of piperidine rings is 1. The smallest absolute Gasteiger partial charge is 0.226 e. The molecule has 1 amide bonds. The van der Waals surface area contributed by atoms with Gasteiger partial charge in [-0.3, -0.25) is 4.79 Å². The van der Waals surface area contributed by atoms with Gasteiger partial charge in [0.1, 0.15) is 5.01 Å². The monoisotopic (exact) mass is 447 g/mol. The molecule has 28 heavy (non-hydrogen) atoms. The molecule has 0 bridgehead atoms. The number of methoxy groups -OCH3 is 2. The van der Waals surface area contributed by atoms with E-state index >= 15 is 0 Å². The van der Waals surface area contributed by atoms with E-state index in [9.17, 15) is 4.79 Å². The summed E-state index contributed by atoms with van der Waals surface area (Å²) >= 11 is 1.52. The van der Waals surface area contributed by atoms with Crippen molar-refractivity contribution in [2.24, 2.45) is 0 Å². The van der Waals surface area contributed by atoms with Crippen molar-refractivity contribution in [2.45, 2.75) is 38.3 Å². The highest BCUT2D eigenvalue weighted by Crippen LogP contribution is 2.33. The summed E-state index contributed by atoms with van der Waals surface area (Å²) < 4.78 is 10.6. The van der Waals surface area contributed by atoms with Gasteiger partial charge in [0.25, 0.3) is 0 Å². The number of nitrogens with one attached hydrogen (secondary N) is 2. The van der Waals surface area contributed by atoms with E-state index in [4.69, 9.17) is 9.47 Å². The molecule has 0 radical (unpaired) electrons. The number of carbonyl (C=O) groups is 1. The van der Waals surface area contributed by atoms with Crippen LogP contribution in [-0.4, -0.2) is 43.7 Å². The van der Waals surface area contributed by atoms with Crippen molar-refractivity contribution in [1.82, 2.24) is 15.6 Å². The third-order valence-electron chi connectivity index (χ3n) is 4.63. The number of ether oxygens (including phenoxy) is 2. The van der Waals surface area contributed by atoms with Gasteiger partial charge in [-0.2, -0.15) is 0 Å². The predicted octanol–water partition coefficient (Wildman–Crippen LogP) is 3.47. The molecule has 1 aliphatic rings. The number of carbonyl (C=O) groups excluding carboxylic acids is 1. The standard InChI is InChI=1S/C19H25N3O3S.2ClH/c1-12-15(5-4-8-20-12)22-18(23)10-14-11-26-19(21-14)13-6-7-16(24-2)17(9-13)25-3;;/h6-7,9,11-12,15,20H,4-5,8,10H2,1-3H3,(H,22,23);2*1H. The third-order valence-corrected chi connectivity index (χ3v) is 5.57. The predicted molar refractivity (Wildman–Crippen MR) is 117 cm³/mol. The van der Waals surface area contributed by atoms with Crippen LogP contribution in [0.25, 0.3) is 10.6 Å². The Kier molecular flexibility index (Phi) is 10.0. The highest BCUT2D eigenvalue weighted by atomic mass is 35.5. The molecule has 2 unspecified atom stereocenters. The van der Waals surface area contributed by atoms with E-state index in [1.807, 2.05) is 23.6 Å². The number of thiazole rings is 1. The molecule has 0 saturated carbocycles. The van der Waals surface area contributed by atoms with E-state index in [0.29, 0.717) is 24.0 Å². The van der Waals surface area contributed by atoms with E-state index in [0.717, 1.165) is 35.7 Å². The lowest BCUT2D eigenvalue weighted by atomic mass is 10.00. The van der Waals surface area contributed by atoms with Crippen LogP contribution in [0.2, 0.25) is 0 Å². The van der Waals surface area contributed by atoms with Crippen molar-refractivity contribution in [3.63, 3.8) is 0 Å². The molecule has 1 fully saturated rings. The van der Waals surface area contributed by atoms with Crippen LogP contribution >= 0.6 is 36.2 Å². The van der Waals surface area contributed by atoms with Gasteiger partial charge in [-0.15, -0.1) is 36.2 Å². The van der Waals surface area contributed by atoms with Crippen molar-refractivity contribution in [3.05, 3.63) is 29.3 Å². The Morgan fingerprint density at radius 2 is 2.04 bits per heavy atom. The SMILES string of the molecule is COc1ccc(-c2nc(CC(=O)NC3CCCNC3C)cs2)cc1OC.Cl.Cl. The van der Waals surface area contributed by atoms with E-state index in [1.54, 1.807) is 14.2 Å². The summed E-state index contributed by atoms with van der Waals surface area (Å²) in [6.07, 6.45) is 2.41. The van der Waals surface area contributed by atoms with Gasteiger partial charge in [0.2, 0.25) is 5.91 Å². The Balaban J connectivity index is 0.00000196. The number of amides is 1. The fourth-order valence-electron chi connectivity index (χ4n) is 3.15. The number of aromatic nitrogens is 1. The first-order valence-corrected chi connectivity index (χ1v) is 9.68. The van der Waals surface area contributed by atoms with Gasteiger partial charge < -0.3 is 20.1 Å². The van der Waals surface area contributed by atoms with E-state index in [-0.39, 0.29) is 36.8 Å². The molecule has 2 N–H and O–H groups in total. The molecule has 3 rings (SSSR count). The molecule has 6 nitrogen and oxygen atoms in total. The summed E-state index contributed by atoms with van der Waals surface area (Å²) in [5.41, 5.74) is 1.73. The molecule has 1 aliphatic heterocycles. The first-order chi connectivity index (χ1) is 12.6. The van der Waals surface area contributed by atoms with Gasteiger partial charge in [-0.1, -0.05) is 0 Å². The summed E-state index contributed by atoms with van der Waals surface area (Å²) in [6.45, 7) is 3.14. The summed E-state index contributed by atoms with van der Waals surface area (Å²) in [6, 6.07) is 6.21. The van der Waals surface area contributed by atoms with Gasteiger partial charge in [-0.25, -0.2) is 4.98 Å². The fourth-order valence-corrected chi connectivity index (χ4v) is 3.97. The van der Waals surface area contributed by atoms with Crippen LogP contribution in [0.3, 0.4) is 0 Å². The number of rotatable bonds is 6. The molecule has 1 saturated heterocycles. The average Bonchev–Trinajstić information content (AvgIpc) is 3.11. The summed E-state index contributed by atoms with van der Waals surface area (Å²) in [7, 11) is 3.22. The quantitative estimate of drug-likeness (QED) is 0.708. The van der Waals surface area contributed by atoms with E-state index < -0.39 is 0 Å². The zero-order valence-electron chi connectivity index (χ0n) is 16.2. The third kappa shape index (κ3) is 5.98. The Labute approximate surface area is 182 Å². The molecular formula is C19H27Cl2N3O3S. The largest absolute Gasteiger partial charge is 0.493 e. The van der Waals surface area contributed by atoms with Crippen LogP contribution in [0.5, 0.6) is 11.5 Å². The van der Waals surface area contributed by atoms with Crippen LogP contribution in [0.15, 0.2) is 23.6 Å². The normalized spacial score (nSPS) is 18.4. The maximum absolute atomic E-state index is 12.3. The Morgan fingerprint density at radius 1 is 1.29 bits per heavy atom. The van der Waals surface area contributed by atoms with Crippen LogP contribution in [-0.2, 0) is 11.2 Å². The molecule has 2 atom stereocenters. The lowest BCUT2D eigenvalue weighted by Crippen LogP contribution is -2.52. The molecule has 9 heteroatoms. The molecule has 1 aromatic carbocycles. The van der Waals surface area contributed by atoms with Crippen molar-refractivity contribution >= 4 is 42.1 Å². The Morgan fingerprint density at radius 3 is 2.71 bits per heavy atom. The van der Waals surface area contributed by atoms with E-state index in [1.165, 1.54) is 11.3 Å². The Bertz CT molecular complexity index is 773. The van der Waals surface area contributed by atoms with Gasteiger partial charge >= 0.3 is 0 Å². The van der Waals surface area contributed by atoms with Crippen molar-refractivity contribution in [2.75, 3.05) is 20.8 Å². The minimum Gasteiger partial charge on any atom is -0.493 e. The number of nitrogens with zero attached hydrogens (tertiary/aromatic N) is 1. The van der Waals surface area contributed by atoms with Crippen LogP contribution in [0.1, 0.15) is 25.5 Å². The van der Waals surface area contributed by atoms with Crippen molar-refractivity contribution in [1.29, 1.82) is 0 Å². The second-order valence-corrected chi connectivity index (χ2v) is 7.31. The fraction of sp³-hybridized carbons (Fsp3) is 0.474. The first kappa shape index (κ1) is 24.5. The van der Waals surface area contributed by atoms with Crippen LogP contribution in [0, 0.1) is 0 Å². The summed E-state index contributed by atoms with van der Waals surface area (Å²) in [5.74, 6) is 1.37. The molecule has 2 aromatic rings. The minimum absolute atomic E-state index is 0. The molecular weight excluding hydrogens is 421 g/mol. The number of benzene rings is 1. The zero-order chi connectivity index (χ0) is 18.5. The topological polar surface area (TPSA) is 72.5 Å². The number of hydrogen-bond donors (Lipinski definition) is 2.